The van der Waals surface area contributed by atoms with Crippen LogP contribution in [0.1, 0.15) is 42.5 Å². The molecule has 2 N–H and O–H groups in total. The fraction of sp³-hybridized carbons (Fsp3) is 0.259. The molecule has 170 valence electrons. The Kier molecular flexibility index (Phi) is 6.65. The molecule has 0 radical (unpaired) electrons. The lowest BCUT2D eigenvalue weighted by molar-refractivity contribution is 0.111. The molecule has 1 aliphatic rings. The highest BCUT2D eigenvalue weighted by Gasteiger charge is 2.31. The number of thiocarbonyl (C=S) groups is 1. The van der Waals surface area contributed by atoms with E-state index in [9.17, 15) is 0 Å². The molecule has 0 aromatic heterocycles. The smallest absolute Gasteiger partial charge is 0.191 e. The molecule has 0 aliphatic carbocycles. The molecule has 0 spiro atoms. The summed E-state index contributed by atoms with van der Waals surface area (Å²) in [5.41, 5.74) is 8.88. The number of benzene rings is 3. The second-order valence-electron chi connectivity index (χ2n) is 8.90. The maximum Gasteiger partial charge on any atom is 0.191 e. The zero-order chi connectivity index (χ0) is 23.4. The lowest BCUT2D eigenvalue weighted by Gasteiger charge is -2.33. The predicted molar refractivity (Wildman–Crippen MR) is 138 cm³/mol. The van der Waals surface area contributed by atoms with Gasteiger partial charge in [-0.25, -0.2) is 0 Å². The largest absolute Gasteiger partial charge is 0.489 e. The number of nitrogens with one attached hydrogen (secondary N) is 2. The van der Waals surface area contributed by atoms with Gasteiger partial charge in [0.05, 0.1) is 5.71 Å². The van der Waals surface area contributed by atoms with Crippen LogP contribution in [0.4, 0.5) is 5.69 Å². The van der Waals surface area contributed by atoms with Crippen molar-refractivity contribution in [2.24, 2.45) is 5.10 Å². The Labute approximate surface area is 200 Å². The van der Waals surface area contributed by atoms with E-state index in [2.05, 4.69) is 55.7 Å². The van der Waals surface area contributed by atoms with E-state index in [4.69, 9.17) is 21.7 Å². The fourth-order valence-electron chi connectivity index (χ4n) is 3.69. The van der Waals surface area contributed by atoms with E-state index in [1.807, 2.05) is 54.6 Å². The Hall–Kier alpha value is -3.38. The van der Waals surface area contributed by atoms with Crippen LogP contribution >= 0.6 is 12.2 Å². The highest BCUT2D eigenvalue weighted by molar-refractivity contribution is 7.80. The number of fused-ring (bicyclic) bond motifs is 1. The molecule has 0 amide bonds. The van der Waals surface area contributed by atoms with Gasteiger partial charge in [0.1, 0.15) is 23.7 Å². The second-order valence-corrected chi connectivity index (χ2v) is 9.31. The number of nitrogens with zero attached hydrogens (tertiary/aromatic N) is 1. The minimum absolute atomic E-state index is 0.372. The molecule has 33 heavy (non-hydrogen) atoms. The van der Waals surface area contributed by atoms with Gasteiger partial charge in [0.25, 0.3) is 0 Å². The van der Waals surface area contributed by atoms with Gasteiger partial charge in [0.15, 0.2) is 5.11 Å². The Morgan fingerprint density at radius 2 is 1.82 bits per heavy atom. The molecule has 0 atom stereocenters. The number of hydrogen-bond acceptors (Lipinski definition) is 4. The van der Waals surface area contributed by atoms with Gasteiger partial charge in [-0.1, -0.05) is 42.0 Å². The number of ether oxygens (including phenoxy) is 2. The average molecular weight is 460 g/mol. The van der Waals surface area contributed by atoms with Crippen molar-refractivity contribution in [2.45, 2.75) is 46.3 Å². The summed E-state index contributed by atoms with van der Waals surface area (Å²) in [7, 11) is 0. The summed E-state index contributed by atoms with van der Waals surface area (Å²) < 4.78 is 12.3. The Morgan fingerprint density at radius 3 is 2.58 bits per heavy atom. The van der Waals surface area contributed by atoms with Crippen LogP contribution in [0.15, 0.2) is 71.8 Å². The Bertz CT molecular complexity index is 1190. The molecule has 3 aromatic carbocycles. The molecule has 4 rings (SSSR count). The summed E-state index contributed by atoms with van der Waals surface area (Å²) >= 11 is 5.44. The molecule has 1 heterocycles. The SMILES string of the molecule is Cc1ccc(NC(=S)N/N=C2/CC(C)(C)Oc3ccc(OCc4ccccc4C)cc32)cc1. The third kappa shape index (κ3) is 5.90. The van der Waals surface area contributed by atoms with Crippen molar-refractivity contribution < 1.29 is 9.47 Å². The number of rotatable bonds is 5. The summed E-state index contributed by atoms with van der Waals surface area (Å²) in [6, 6.07) is 22.1. The lowest BCUT2D eigenvalue weighted by atomic mass is 9.92. The molecule has 0 saturated carbocycles. The first-order valence-corrected chi connectivity index (χ1v) is 11.4. The monoisotopic (exact) mass is 459 g/mol. The van der Waals surface area contributed by atoms with Crippen molar-refractivity contribution in [2.75, 3.05) is 5.32 Å². The van der Waals surface area contributed by atoms with Crippen molar-refractivity contribution in [1.82, 2.24) is 5.43 Å². The van der Waals surface area contributed by atoms with Crippen molar-refractivity contribution in [3.05, 3.63) is 89.0 Å². The molecule has 5 nitrogen and oxygen atoms in total. The lowest BCUT2D eigenvalue weighted by Crippen LogP contribution is -2.37. The van der Waals surface area contributed by atoms with E-state index in [0.717, 1.165) is 34.0 Å². The van der Waals surface area contributed by atoms with Crippen LogP contribution in [0.3, 0.4) is 0 Å². The van der Waals surface area contributed by atoms with Gasteiger partial charge in [-0.2, -0.15) is 5.10 Å². The summed E-state index contributed by atoms with van der Waals surface area (Å²) in [6.07, 6.45) is 0.640. The van der Waals surface area contributed by atoms with Gasteiger partial charge in [-0.3, -0.25) is 5.43 Å². The van der Waals surface area contributed by atoms with Crippen LogP contribution in [0, 0.1) is 13.8 Å². The highest BCUT2D eigenvalue weighted by Crippen LogP contribution is 2.35. The molecule has 0 unspecified atom stereocenters. The molecule has 0 saturated heterocycles. The van der Waals surface area contributed by atoms with E-state index in [1.54, 1.807) is 0 Å². The fourth-order valence-corrected chi connectivity index (χ4v) is 3.86. The van der Waals surface area contributed by atoms with Gasteiger partial charge in [-0.15, -0.1) is 0 Å². The minimum atomic E-state index is -0.372. The van der Waals surface area contributed by atoms with Crippen molar-refractivity contribution >= 4 is 28.7 Å². The quantitative estimate of drug-likeness (QED) is 0.355. The predicted octanol–water partition coefficient (Wildman–Crippen LogP) is 6.13. The van der Waals surface area contributed by atoms with Gasteiger partial charge in [0, 0.05) is 17.7 Å². The van der Waals surface area contributed by atoms with E-state index < -0.39 is 0 Å². The standard InChI is InChI=1S/C27H29N3O2S/c1-18-9-11-21(12-10-18)28-26(33)30-29-24-16-27(3,4)32-25-14-13-22(15-23(24)25)31-17-20-8-6-5-7-19(20)2/h5-15H,16-17H2,1-4H3,(H2,28,30,33)/b29-24-. The first kappa shape index (κ1) is 22.8. The maximum atomic E-state index is 6.19. The molecular formula is C27H29N3O2S. The number of aryl methyl sites for hydroxylation is 2. The number of anilines is 1. The molecule has 3 aromatic rings. The number of hydrazone groups is 1. The Morgan fingerprint density at radius 1 is 1.06 bits per heavy atom. The van der Waals surface area contributed by atoms with Crippen LogP contribution in [-0.4, -0.2) is 16.4 Å². The van der Waals surface area contributed by atoms with Gasteiger partial charge in [-0.05, 0) is 81.4 Å². The second kappa shape index (κ2) is 9.63. The zero-order valence-corrected chi connectivity index (χ0v) is 20.3. The average Bonchev–Trinajstić information content (AvgIpc) is 2.78. The third-order valence-corrected chi connectivity index (χ3v) is 5.69. The molecule has 0 fully saturated rings. The van der Waals surface area contributed by atoms with E-state index in [0.29, 0.717) is 18.1 Å². The van der Waals surface area contributed by atoms with E-state index in [1.165, 1.54) is 11.1 Å². The van der Waals surface area contributed by atoms with Crippen LogP contribution in [0.25, 0.3) is 0 Å². The van der Waals surface area contributed by atoms with Gasteiger partial charge in [0.2, 0.25) is 0 Å². The number of hydrogen-bond donors (Lipinski definition) is 2. The minimum Gasteiger partial charge on any atom is -0.489 e. The van der Waals surface area contributed by atoms with Crippen molar-refractivity contribution in [1.29, 1.82) is 0 Å². The molecular weight excluding hydrogens is 430 g/mol. The summed E-state index contributed by atoms with van der Waals surface area (Å²) in [5, 5.41) is 8.23. The topological polar surface area (TPSA) is 54.9 Å². The van der Waals surface area contributed by atoms with E-state index >= 15 is 0 Å². The summed E-state index contributed by atoms with van der Waals surface area (Å²) in [5.74, 6) is 1.56. The van der Waals surface area contributed by atoms with Crippen LogP contribution in [0.5, 0.6) is 11.5 Å². The van der Waals surface area contributed by atoms with Crippen LogP contribution in [0.2, 0.25) is 0 Å². The van der Waals surface area contributed by atoms with Crippen LogP contribution in [-0.2, 0) is 6.61 Å². The molecule has 1 aliphatic heterocycles. The van der Waals surface area contributed by atoms with Gasteiger partial charge < -0.3 is 14.8 Å². The maximum absolute atomic E-state index is 6.19. The molecule has 0 bridgehead atoms. The third-order valence-electron chi connectivity index (χ3n) is 5.50. The normalized spacial score (nSPS) is 15.3. The van der Waals surface area contributed by atoms with Crippen LogP contribution < -0.4 is 20.2 Å². The van der Waals surface area contributed by atoms with Crippen molar-refractivity contribution in [3.8, 4) is 11.5 Å². The zero-order valence-electron chi connectivity index (χ0n) is 19.4. The first-order chi connectivity index (χ1) is 15.8. The summed E-state index contributed by atoms with van der Waals surface area (Å²) in [4.78, 5) is 0. The Balaban J connectivity index is 1.51. The summed E-state index contributed by atoms with van der Waals surface area (Å²) in [6.45, 7) is 8.75. The van der Waals surface area contributed by atoms with Crippen molar-refractivity contribution in [3.63, 3.8) is 0 Å². The van der Waals surface area contributed by atoms with Gasteiger partial charge >= 0.3 is 0 Å². The molecule has 6 heteroatoms. The van der Waals surface area contributed by atoms with E-state index in [-0.39, 0.29) is 5.60 Å². The first-order valence-electron chi connectivity index (χ1n) is 11.0. The highest BCUT2D eigenvalue weighted by atomic mass is 32.1.